The Kier molecular flexibility index (Phi) is 6.17. The number of rotatable bonds is 5. The lowest BCUT2D eigenvalue weighted by Gasteiger charge is -2.18. The lowest BCUT2D eigenvalue weighted by Crippen LogP contribution is -2.45. The van der Waals surface area contributed by atoms with Crippen LogP contribution in [0.4, 0.5) is 10.5 Å². The maximum atomic E-state index is 11.8. The summed E-state index contributed by atoms with van der Waals surface area (Å²) in [6, 6.07) is 6.86. The van der Waals surface area contributed by atoms with Crippen molar-refractivity contribution >= 4 is 17.6 Å². The Hall–Kier alpha value is -2.08. The van der Waals surface area contributed by atoms with Crippen LogP contribution >= 0.6 is 0 Å². The largest absolute Gasteiger partial charge is 0.347 e. The Morgan fingerprint density at radius 1 is 1.10 bits per heavy atom. The van der Waals surface area contributed by atoms with Crippen molar-refractivity contribution in [1.29, 1.82) is 0 Å². The molecule has 3 N–H and O–H groups in total. The highest BCUT2D eigenvalue weighted by atomic mass is 16.2. The van der Waals surface area contributed by atoms with E-state index in [2.05, 4.69) is 22.9 Å². The molecule has 2 unspecified atom stereocenters. The zero-order chi connectivity index (χ0) is 16.0. The summed E-state index contributed by atoms with van der Waals surface area (Å²) in [5.41, 5.74) is 1.82. The molecule has 0 saturated heterocycles. The Balaban J connectivity index is 2.57. The van der Waals surface area contributed by atoms with Gasteiger partial charge in [-0.2, -0.15) is 0 Å². The zero-order valence-electron chi connectivity index (χ0n) is 13.2. The van der Waals surface area contributed by atoms with Crippen molar-refractivity contribution < 1.29 is 9.59 Å². The van der Waals surface area contributed by atoms with Crippen molar-refractivity contribution in [3.63, 3.8) is 0 Å². The van der Waals surface area contributed by atoms with Crippen molar-refractivity contribution in [2.75, 3.05) is 26.5 Å². The molecule has 1 aromatic rings. The number of hydrogen-bond donors (Lipinski definition) is 3. The van der Waals surface area contributed by atoms with Gasteiger partial charge in [0, 0.05) is 25.8 Å². The van der Waals surface area contributed by atoms with Crippen molar-refractivity contribution in [2.45, 2.75) is 25.9 Å². The second kappa shape index (κ2) is 7.64. The van der Waals surface area contributed by atoms with Crippen LogP contribution in [0.5, 0.6) is 0 Å². The average Bonchev–Trinajstić information content (AvgIpc) is 2.46. The summed E-state index contributed by atoms with van der Waals surface area (Å²) in [6.45, 7) is 3.71. The van der Waals surface area contributed by atoms with Gasteiger partial charge in [0.2, 0.25) is 5.91 Å². The molecule has 0 saturated carbocycles. The van der Waals surface area contributed by atoms with Crippen LogP contribution in [0.15, 0.2) is 24.3 Å². The molecule has 3 amide bonds. The lowest BCUT2D eigenvalue weighted by atomic mass is 10.1. The summed E-state index contributed by atoms with van der Waals surface area (Å²) in [5.74, 6) is -0.150. The number of nitrogens with one attached hydrogen (secondary N) is 3. The van der Waals surface area contributed by atoms with Crippen LogP contribution in [0.1, 0.15) is 25.5 Å². The molecule has 1 rings (SSSR count). The predicted molar refractivity (Wildman–Crippen MR) is 84.2 cm³/mol. The molecule has 0 aliphatic heterocycles. The highest BCUT2D eigenvalue weighted by molar-refractivity contribution is 5.93. The highest BCUT2D eigenvalue weighted by Crippen LogP contribution is 2.15. The third-order valence-electron chi connectivity index (χ3n) is 3.26. The monoisotopic (exact) mass is 292 g/mol. The first kappa shape index (κ1) is 17.0. The van der Waals surface area contributed by atoms with Gasteiger partial charge in [-0.25, -0.2) is 4.79 Å². The van der Waals surface area contributed by atoms with Gasteiger partial charge in [-0.3, -0.25) is 4.79 Å². The second-order valence-electron chi connectivity index (χ2n) is 5.19. The van der Waals surface area contributed by atoms with E-state index in [9.17, 15) is 9.59 Å². The van der Waals surface area contributed by atoms with Gasteiger partial charge in [0.05, 0.1) is 0 Å². The number of benzene rings is 1. The van der Waals surface area contributed by atoms with Gasteiger partial charge < -0.3 is 20.9 Å². The smallest absolute Gasteiger partial charge is 0.319 e. The number of hydrogen-bond acceptors (Lipinski definition) is 3. The summed E-state index contributed by atoms with van der Waals surface area (Å²) in [4.78, 5) is 24.9. The molecule has 0 heterocycles. The Morgan fingerprint density at radius 3 is 2.14 bits per heavy atom. The van der Waals surface area contributed by atoms with Crippen LogP contribution in [-0.2, 0) is 4.79 Å². The van der Waals surface area contributed by atoms with Gasteiger partial charge in [0.15, 0.2) is 0 Å². The fraction of sp³-hybridized carbons (Fsp3) is 0.467. The first-order valence-electron chi connectivity index (χ1n) is 6.91. The van der Waals surface area contributed by atoms with Gasteiger partial charge in [0.25, 0.3) is 0 Å². The van der Waals surface area contributed by atoms with E-state index >= 15 is 0 Å². The van der Waals surface area contributed by atoms with E-state index in [1.54, 1.807) is 21.0 Å². The molecule has 0 fully saturated rings. The maximum absolute atomic E-state index is 11.8. The summed E-state index contributed by atoms with van der Waals surface area (Å²) >= 11 is 0. The molecule has 0 radical (unpaired) electrons. The molecule has 21 heavy (non-hydrogen) atoms. The molecule has 1 aromatic carbocycles. The molecule has 6 nitrogen and oxygen atoms in total. The van der Waals surface area contributed by atoms with Crippen molar-refractivity contribution in [2.24, 2.45) is 0 Å². The highest BCUT2D eigenvalue weighted by Gasteiger charge is 2.17. The van der Waals surface area contributed by atoms with Crippen LogP contribution in [0.2, 0.25) is 0 Å². The van der Waals surface area contributed by atoms with E-state index in [1.165, 1.54) is 4.90 Å². The van der Waals surface area contributed by atoms with Crippen molar-refractivity contribution in [3.05, 3.63) is 29.8 Å². The van der Waals surface area contributed by atoms with Crippen LogP contribution < -0.4 is 16.0 Å². The van der Waals surface area contributed by atoms with Gasteiger partial charge in [0.1, 0.15) is 6.04 Å². The number of anilines is 1. The Morgan fingerprint density at radius 2 is 1.67 bits per heavy atom. The van der Waals surface area contributed by atoms with Crippen LogP contribution in [0.25, 0.3) is 0 Å². The minimum Gasteiger partial charge on any atom is -0.347 e. The van der Waals surface area contributed by atoms with Crippen molar-refractivity contribution in [3.8, 4) is 0 Å². The van der Waals surface area contributed by atoms with Crippen molar-refractivity contribution in [1.82, 2.24) is 15.5 Å². The quantitative estimate of drug-likeness (QED) is 0.771. The normalized spacial score (nSPS) is 13.2. The number of carbonyl (C=O) groups excluding carboxylic acids is 2. The minimum absolute atomic E-state index is 0.150. The van der Waals surface area contributed by atoms with Crippen LogP contribution in [0, 0.1) is 0 Å². The van der Waals surface area contributed by atoms with Gasteiger partial charge in [-0.05, 0) is 38.6 Å². The van der Waals surface area contributed by atoms with Gasteiger partial charge >= 0.3 is 6.03 Å². The number of amides is 3. The third-order valence-corrected chi connectivity index (χ3v) is 3.26. The second-order valence-corrected chi connectivity index (χ2v) is 5.19. The minimum atomic E-state index is -0.566. The lowest BCUT2D eigenvalue weighted by molar-refractivity contribution is -0.130. The van der Waals surface area contributed by atoms with Crippen LogP contribution in [0.3, 0.4) is 0 Å². The first-order chi connectivity index (χ1) is 9.85. The Labute approximate surface area is 125 Å². The average molecular weight is 292 g/mol. The molecule has 0 aromatic heterocycles. The number of urea groups is 1. The summed E-state index contributed by atoms with van der Waals surface area (Å²) in [5, 5.41) is 8.46. The molecule has 0 spiro atoms. The molecule has 0 aliphatic carbocycles. The van der Waals surface area contributed by atoms with E-state index in [0.717, 1.165) is 5.56 Å². The fourth-order valence-electron chi connectivity index (χ4n) is 1.83. The molecular weight excluding hydrogens is 268 g/mol. The topological polar surface area (TPSA) is 73.5 Å². The SMILES string of the molecule is CNC(C)c1ccc(NC(=O)NC(C)C(=O)N(C)C)cc1. The van der Waals surface area contributed by atoms with E-state index in [1.807, 2.05) is 31.3 Å². The number of carbonyl (C=O) groups is 2. The number of nitrogens with zero attached hydrogens (tertiary/aromatic N) is 1. The molecule has 0 aliphatic rings. The van der Waals surface area contributed by atoms with Gasteiger partial charge in [-0.1, -0.05) is 12.1 Å². The summed E-state index contributed by atoms with van der Waals surface area (Å²) < 4.78 is 0. The fourth-order valence-corrected chi connectivity index (χ4v) is 1.83. The molecule has 116 valence electrons. The molecular formula is C15H24N4O2. The number of likely N-dealkylation sites (N-methyl/N-ethyl adjacent to an activating group) is 1. The standard InChI is InChI=1S/C15H24N4O2/c1-10(16-3)12-6-8-13(9-7-12)18-15(21)17-11(2)14(20)19(4)5/h6-11,16H,1-5H3,(H2,17,18,21). The Bertz CT molecular complexity index is 485. The van der Waals surface area contributed by atoms with E-state index in [0.29, 0.717) is 5.69 Å². The molecule has 2 atom stereocenters. The molecule has 6 heteroatoms. The summed E-state index contributed by atoms with van der Waals surface area (Å²) in [6.07, 6.45) is 0. The van der Waals surface area contributed by atoms with Gasteiger partial charge in [-0.15, -0.1) is 0 Å². The molecule has 0 bridgehead atoms. The maximum Gasteiger partial charge on any atom is 0.319 e. The van der Waals surface area contributed by atoms with E-state index in [-0.39, 0.29) is 11.9 Å². The third kappa shape index (κ3) is 5.07. The summed E-state index contributed by atoms with van der Waals surface area (Å²) in [7, 11) is 5.20. The van der Waals surface area contributed by atoms with E-state index < -0.39 is 12.1 Å². The zero-order valence-corrected chi connectivity index (χ0v) is 13.2. The van der Waals surface area contributed by atoms with Crippen LogP contribution in [-0.4, -0.2) is 44.0 Å². The van der Waals surface area contributed by atoms with E-state index in [4.69, 9.17) is 0 Å². The first-order valence-corrected chi connectivity index (χ1v) is 6.91. The predicted octanol–water partition coefficient (Wildman–Crippen LogP) is 1.57.